The molecule has 0 spiro atoms. The molecular formula is C30H23FN2O3. The van der Waals surface area contributed by atoms with Crippen molar-refractivity contribution >= 4 is 18.1 Å². The molecule has 5 nitrogen and oxygen atoms in total. The van der Waals surface area contributed by atoms with E-state index in [1.807, 2.05) is 36.4 Å². The molecule has 0 saturated heterocycles. The predicted molar refractivity (Wildman–Crippen MR) is 135 cm³/mol. The molecule has 6 heteroatoms. The van der Waals surface area contributed by atoms with E-state index in [1.54, 1.807) is 24.3 Å². The van der Waals surface area contributed by atoms with E-state index in [4.69, 9.17) is 4.74 Å². The fourth-order valence-electron chi connectivity index (χ4n) is 4.54. The predicted octanol–water partition coefficient (Wildman–Crippen LogP) is 5.50. The maximum Gasteiger partial charge on any atom is 0.343 e. The molecular weight excluding hydrogens is 455 g/mol. The first-order valence-corrected chi connectivity index (χ1v) is 11.6. The van der Waals surface area contributed by atoms with E-state index in [0.717, 1.165) is 17.2 Å². The van der Waals surface area contributed by atoms with Crippen LogP contribution in [0.1, 0.15) is 33.5 Å². The zero-order valence-electron chi connectivity index (χ0n) is 19.3. The zero-order chi connectivity index (χ0) is 25.0. The zero-order valence-corrected chi connectivity index (χ0v) is 19.3. The monoisotopic (exact) mass is 478 g/mol. The van der Waals surface area contributed by atoms with Crippen molar-refractivity contribution in [2.24, 2.45) is 11.0 Å². The van der Waals surface area contributed by atoms with Gasteiger partial charge in [0.2, 0.25) is 5.91 Å². The quantitative estimate of drug-likeness (QED) is 0.165. The summed E-state index contributed by atoms with van der Waals surface area (Å²) in [4.78, 5) is 25.3. The van der Waals surface area contributed by atoms with Gasteiger partial charge in [-0.15, -0.1) is 0 Å². The molecule has 4 aromatic rings. The number of carbonyl (C=O) groups excluding carboxylic acids is 2. The topological polar surface area (TPSA) is 67.8 Å². The van der Waals surface area contributed by atoms with Crippen molar-refractivity contribution in [3.8, 4) is 5.75 Å². The van der Waals surface area contributed by atoms with E-state index in [-0.39, 0.29) is 28.6 Å². The molecule has 0 aromatic heterocycles. The van der Waals surface area contributed by atoms with Gasteiger partial charge in [0.15, 0.2) is 0 Å². The summed E-state index contributed by atoms with van der Waals surface area (Å²) >= 11 is 0. The molecule has 178 valence electrons. The molecule has 1 aliphatic rings. The summed E-state index contributed by atoms with van der Waals surface area (Å²) in [6, 6.07) is 32.1. The fraction of sp³-hybridized carbons (Fsp3) is 0.100. The van der Waals surface area contributed by atoms with Crippen LogP contribution in [0, 0.1) is 11.7 Å². The van der Waals surface area contributed by atoms with Gasteiger partial charge < -0.3 is 4.74 Å². The molecule has 1 aliphatic carbocycles. The summed E-state index contributed by atoms with van der Waals surface area (Å²) in [7, 11) is 0. The van der Waals surface area contributed by atoms with Crippen molar-refractivity contribution in [1.29, 1.82) is 0 Å². The number of carbonyl (C=O) groups is 2. The third kappa shape index (κ3) is 4.79. The molecule has 1 saturated carbocycles. The third-order valence-electron chi connectivity index (χ3n) is 6.37. The van der Waals surface area contributed by atoms with Crippen molar-refractivity contribution in [2.45, 2.75) is 11.8 Å². The van der Waals surface area contributed by atoms with Gasteiger partial charge in [0, 0.05) is 5.41 Å². The number of amides is 1. The van der Waals surface area contributed by atoms with Gasteiger partial charge in [-0.2, -0.15) is 5.10 Å². The second-order valence-corrected chi connectivity index (χ2v) is 8.67. The minimum absolute atomic E-state index is 0.117. The molecule has 36 heavy (non-hydrogen) atoms. The van der Waals surface area contributed by atoms with Crippen molar-refractivity contribution < 1.29 is 18.7 Å². The van der Waals surface area contributed by atoms with Gasteiger partial charge in [-0.25, -0.2) is 14.6 Å². The van der Waals surface area contributed by atoms with E-state index < -0.39 is 11.8 Å². The Kier molecular flexibility index (Phi) is 6.41. The molecule has 1 amide bonds. The molecule has 1 unspecified atom stereocenters. The van der Waals surface area contributed by atoms with Crippen molar-refractivity contribution in [2.75, 3.05) is 0 Å². The van der Waals surface area contributed by atoms with Crippen LogP contribution in [0.4, 0.5) is 4.39 Å². The minimum Gasteiger partial charge on any atom is -0.423 e. The highest BCUT2D eigenvalue weighted by molar-refractivity contribution is 5.91. The number of benzene rings is 4. The van der Waals surface area contributed by atoms with Gasteiger partial charge in [0.1, 0.15) is 11.6 Å². The van der Waals surface area contributed by atoms with Crippen LogP contribution in [0.25, 0.3) is 0 Å². The van der Waals surface area contributed by atoms with Gasteiger partial charge in [-0.3, -0.25) is 4.79 Å². The average Bonchev–Trinajstić information content (AvgIpc) is 3.67. The standard InChI is InChI=1S/C30H23FN2O3/c31-25-15-8-10-22(18-25)29(35)36-26-16-7-9-21(17-26)20-32-33-28(34)27-19-30(27,23-11-3-1-4-12-23)24-13-5-2-6-14-24/h1-18,20,27H,19H2,(H,33,34)/b32-20+. The highest BCUT2D eigenvalue weighted by Crippen LogP contribution is 2.58. The number of rotatable bonds is 7. The van der Waals surface area contributed by atoms with Crippen molar-refractivity contribution in [3.63, 3.8) is 0 Å². The lowest BCUT2D eigenvalue weighted by Crippen LogP contribution is -2.25. The molecule has 1 fully saturated rings. The molecule has 5 rings (SSSR count). The number of hydrogen-bond acceptors (Lipinski definition) is 4. The van der Waals surface area contributed by atoms with Crippen LogP contribution in [-0.4, -0.2) is 18.1 Å². The Bertz CT molecular complexity index is 1380. The largest absolute Gasteiger partial charge is 0.423 e. The van der Waals surface area contributed by atoms with E-state index in [0.29, 0.717) is 12.0 Å². The summed E-state index contributed by atoms with van der Waals surface area (Å²) in [6.45, 7) is 0. The van der Waals surface area contributed by atoms with Crippen molar-refractivity contribution in [3.05, 3.63) is 137 Å². The normalized spacial score (nSPS) is 15.9. The average molecular weight is 479 g/mol. The van der Waals surface area contributed by atoms with Crippen LogP contribution < -0.4 is 10.2 Å². The maximum atomic E-state index is 13.4. The fourth-order valence-corrected chi connectivity index (χ4v) is 4.54. The molecule has 0 radical (unpaired) electrons. The van der Waals surface area contributed by atoms with Crippen molar-refractivity contribution in [1.82, 2.24) is 5.43 Å². The first-order chi connectivity index (χ1) is 17.6. The summed E-state index contributed by atoms with van der Waals surface area (Å²) in [6.07, 6.45) is 2.19. The highest BCUT2D eigenvalue weighted by Gasteiger charge is 2.60. The Morgan fingerprint density at radius 3 is 2.19 bits per heavy atom. The lowest BCUT2D eigenvalue weighted by Gasteiger charge is -2.18. The number of esters is 1. The van der Waals surface area contributed by atoms with Crippen LogP contribution in [-0.2, 0) is 10.2 Å². The Labute approximate surface area is 208 Å². The van der Waals surface area contributed by atoms with E-state index in [9.17, 15) is 14.0 Å². The Morgan fingerprint density at radius 1 is 0.861 bits per heavy atom. The summed E-state index contributed by atoms with van der Waals surface area (Å²) in [5, 5.41) is 4.13. The molecule has 1 N–H and O–H groups in total. The maximum absolute atomic E-state index is 13.4. The second kappa shape index (κ2) is 9.96. The smallest absolute Gasteiger partial charge is 0.343 e. The Hall–Kier alpha value is -4.58. The second-order valence-electron chi connectivity index (χ2n) is 8.67. The van der Waals surface area contributed by atoms with E-state index >= 15 is 0 Å². The molecule has 4 aromatic carbocycles. The number of nitrogens with zero attached hydrogens (tertiary/aromatic N) is 1. The van der Waals surface area contributed by atoms with Gasteiger partial charge in [-0.1, -0.05) is 78.9 Å². The van der Waals surface area contributed by atoms with Gasteiger partial charge in [0.05, 0.1) is 17.7 Å². The lowest BCUT2D eigenvalue weighted by atomic mass is 9.85. The molecule has 1 atom stereocenters. The third-order valence-corrected chi connectivity index (χ3v) is 6.37. The van der Waals surface area contributed by atoms with Crippen LogP contribution >= 0.6 is 0 Å². The number of hydrazone groups is 1. The number of ether oxygens (including phenoxy) is 1. The number of halogens is 1. The van der Waals surface area contributed by atoms with Crippen LogP contribution in [0.3, 0.4) is 0 Å². The number of hydrogen-bond donors (Lipinski definition) is 1. The van der Waals surface area contributed by atoms with Gasteiger partial charge in [0.25, 0.3) is 0 Å². The van der Waals surface area contributed by atoms with Gasteiger partial charge >= 0.3 is 5.97 Å². The Balaban J connectivity index is 1.26. The van der Waals surface area contributed by atoms with Gasteiger partial charge in [-0.05, 0) is 53.4 Å². The summed E-state index contributed by atoms with van der Waals surface area (Å²) < 4.78 is 18.7. The minimum atomic E-state index is -0.663. The van der Waals surface area contributed by atoms with E-state index in [2.05, 4.69) is 34.8 Å². The number of nitrogens with one attached hydrogen (secondary N) is 1. The highest BCUT2D eigenvalue weighted by atomic mass is 19.1. The molecule has 0 bridgehead atoms. The summed E-state index contributed by atoms with van der Waals surface area (Å²) in [5.74, 6) is -1.29. The van der Waals surface area contributed by atoms with E-state index in [1.165, 1.54) is 24.4 Å². The first-order valence-electron chi connectivity index (χ1n) is 11.6. The van der Waals surface area contributed by atoms with Crippen LogP contribution in [0.2, 0.25) is 0 Å². The lowest BCUT2D eigenvalue weighted by molar-refractivity contribution is -0.122. The Morgan fingerprint density at radius 2 is 1.53 bits per heavy atom. The van der Waals surface area contributed by atoms with Crippen LogP contribution in [0.15, 0.2) is 114 Å². The molecule has 0 heterocycles. The summed E-state index contributed by atoms with van der Waals surface area (Å²) in [5.41, 5.74) is 5.25. The van der Waals surface area contributed by atoms with Crippen LogP contribution in [0.5, 0.6) is 5.75 Å². The first kappa shape index (κ1) is 23.2. The molecule has 0 aliphatic heterocycles. The SMILES string of the molecule is O=C(Oc1cccc(/C=N/NC(=O)C2CC2(c2ccccc2)c2ccccc2)c1)c1cccc(F)c1.